The minimum Gasteiger partial charge on any atom is -0.468 e. The Kier molecular flexibility index (Phi) is 5.52. The van der Waals surface area contributed by atoms with Gasteiger partial charge in [0.25, 0.3) is 0 Å². The molecule has 1 aromatic heterocycles. The topological polar surface area (TPSA) is 82.9 Å². The number of amides is 1. The Morgan fingerprint density at radius 1 is 1.04 bits per heavy atom. The molecule has 1 amide bonds. The number of hydrogen-bond donors (Lipinski definition) is 1. The van der Waals surface area contributed by atoms with Gasteiger partial charge in [-0.05, 0) is 68.8 Å². The number of carbonyl (C=O) groups excluding carboxylic acids is 1. The van der Waals surface area contributed by atoms with Gasteiger partial charge in [-0.2, -0.15) is 0 Å². The molecule has 4 rings (SSSR count). The zero-order chi connectivity index (χ0) is 19.6. The molecule has 1 unspecified atom stereocenters. The first-order chi connectivity index (χ1) is 13.5. The third-order valence-corrected chi connectivity index (χ3v) is 6.89. The van der Waals surface area contributed by atoms with Crippen molar-refractivity contribution in [1.82, 2.24) is 9.62 Å². The molecule has 0 bridgehead atoms. The van der Waals surface area contributed by atoms with Crippen molar-refractivity contribution in [2.75, 3.05) is 31.1 Å². The smallest absolute Gasteiger partial charge is 0.240 e. The molecule has 1 atom stereocenters. The van der Waals surface area contributed by atoms with Crippen LogP contribution in [0.3, 0.4) is 0 Å². The van der Waals surface area contributed by atoms with Gasteiger partial charge in [0.1, 0.15) is 5.76 Å². The number of hydrogen-bond acceptors (Lipinski definition) is 5. The van der Waals surface area contributed by atoms with Crippen LogP contribution in [0.2, 0.25) is 0 Å². The Bertz CT molecular complexity index is 903. The van der Waals surface area contributed by atoms with Crippen LogP contribution in [0.15, 0.2) is 52.0 Å². The number of benzene rings is 1. The van der Waals surface area contributed by atoms with Crippen LogP contribution in [0.1, 0.15) is 37.5 Å². The average molecular weight is 404 g/mol. The monoisotopic (exact) mass is 403 g/mol. The van der Waals surface area contributed by atoms with Gasteiger partial charge in [0, 0.05) is 25.2 Å². The van der Waals surface area contributed by atoms with E-state index in [4.69, 9.17) is 4.42 Å². The van der Waals surface area contributed by atoms with Crippen LogP contribution in [0.25, 0.3) is 0 Å². The highest BCUT2D eigenvalue weighted by Crippen LogP contribution is 2.26. The minimum absolute atomic E-state index is 0.0839. The summed E-state index contributed by atoms with van der Waals surface area (Å²) in [6, 6.07) is 10.1. The molecule has 0 saturated carbocycles. The molecule has 2 aromatic rings. The van der Waals surface area contributed by atoms with Crippen LogP contribution >= 0.6 is 0 Å². The van der Waals surface area contributed by atoms with Crippen molar-refractivity contribution in [3.05, 3.63) is 48.4 Å². The van der Waals surface area contributed by atoms with Gasteiger partial charge < -0.3 is 9.32 Å². The van der Waals surface area contributed by atoms with Gasteiger partial charge in [-0.25, -0.2) is 13.1 Å². The first-order valence-electron chi connectivity index (χ1n) is 9.72. The fourth-order valence-electron chi connectivity index (χ4n) is 3.94. The lowest BCUT2D eigenvalue weighted by Gasteiger charge is -2.26. The van der Waals surface area contributed by atoms with Crippen molar-refractivity contribution >= 4 is 21.6 Å². The number of carbonyl (C=O) groups is 1. The Morgan fingerprint density at radius 3 is 2.39 bits per heavy atom. The summed E-state index contributed by atoms with van der Waals surface area (Å²) < 4.78 is 33.8. The molecule has 28 heavy (non-hydrogen) atoms. The van der Waals surface area contributed by atoms with Crippen molar-refractivity contribution in [3.8, 4) is 0 Å². The summed E-state index contributed by atoms with van der Waals surface area (Å²) in [5, 5.41) is 0. The quantitative estimate of drug-likeness (QED) is 0.768. The third kappa shape index (κ3) is 3.99. The molecule has 2 saturated heterocycles. The predicted molar refractivity (Wildman–Crippen MR) is 105 cm³/mol. The predicted octanol–water partition coefficient (Wildman–Crippen LogP) is 2.52. The maximum absolute atomic E-state index is 12.8. The number of furan rings is 1. The maximum Gasteiger partial charge on any atom is 0.240 e. The maximum atomic E-state index is 12.8. The van der Waals surface area contributed by atoms with E-state index in [2.05, 4.69) is 9.62 Å². The van der Waals surface area contributed by atoms with Crippen molar-refractivity contribution in [3.63, 3.8) is 0 Å². The second-order valence-corrected chi connectivity index (χ2v) is 9.04. The fraction of sp³-hybridized carbons (Fsp3) is 0.450. The highest BCUT2D eigenvalue weighted by Gasteiger charge is 2.28. The summed E-state index contributed by atoms with van der Waals surface area (Å²) in [5.41, 5.74) is 0.743. The van der Waals surface area contributed by atoms with Gasteiger partial charge in [-0.3, -0.25) is 9.69 Å². The molecule has 0 radical (unpaired) electrons. The van der Waals surface area contributed by atoms with Gasteiger partial charge in [-0.15, -0.1) is 0 Å². The van der Waals surface area contributed by atoms with Crippen LogP contribution in [-0.4, -0.2) is 45.4 Å². The molecule has 1 aromatic carbocycles. The van der Waals surface area contributed by atoms with Gasteiger partial charge in [0.2, 0.25) is 15.9 Å². The van der Waals surface area contributed by atoms with Crippen molar-refractivity contribution in [2.24, 2.45) is 0 Å². The standard InChI is InChI=1S/C20H25N3O4S/c24-20-6-3-13-23(20)16-7-9-17(10-8-16)28(25,26)21-15-18(19-5-4-14-27-19)22-11-1-2-12-22/h4-5,7-10,14,18,21H,1-3,6,11-13,15H2. The lowest BCUT2D eigenvalue weighted by Crippen LogP contribution is -2.36. The second kappa shape index (κ2) is 8.06. The molecule has 7 nitrogen and oxygen atoms in total. The van der Waals surface area contributed by atoms with Crippen LogP contribution in [-0.2, 0) is 14.8 Å². The zero-order valence-electron chi connectivity index (χ0n) is 15.7. The van der Waals surface area contributed by atoms with Crippen LogP contribution in [0.5, 0.6) is 0 Å². The SMILES string of the molecule is O=C1CCCN1c1ccc(S(=O)(=O)NCC(c2ccco2)N2CCCC2)cc1. The second-order valence-electron chi connectivity index (χ2n) is 7.27. The lowest BCUT2D eigenvalue weighted by molar-refractivity contribution is -0.117. The number of nitrogens with zero attached hydrogens (tertiary/aromatic N) is 2. The van der Waals surface area contributed by atoms with Crippen molar-refractivity contribution in [1.29, 1.82) is 0 Å². The number of anilines is 1. The molecule has 2 aliphatic rings. The Morgan fingerprint density at radius 2 is 1.79 bits per heavy atom. The molecular formula is C20H25N3O4S. The van der Waals surface area contributed by atoms with Gasteiger partial charge in [-0.1, -0.05) is 0 Å². The molecule has 0 aliphatic carbocycles. The summed E-state index contributed by atoms with van der Waals surface area (Å²) in [5.74, 6) is 0.855. The highest BCUT2D eigenvalue weighted by molar-refractivity contribution is 7.89. The van der Waals surface area contributed by atoms with Gasteiger partial charge in [0.15, 0.2) is 0 Å². The summed E-state index contributed by atoms with van der Waals surface area (Å²) in [6.45, 7) is 2.81. The molecule has 2 fully saturated rings. The van der Waals surface area contributed by atoms with E-state index >= 15 is 0 Å². The molecule has 2 aliphatic heterocycles. The number of rotatable bonds is 7. The van der Waals surface area contributed by atoms with Crippen molar-refractivity contribution < 1.29 is 17.6 Å². The van der Waals surface area contributed by atoms with Crippen LogP contribution in [0, 0.1) is 0 Å². The summed E-state index contributed by atoms with van der Waals surface area (Å²) in [4.78, 5) is 16.0. The van der Waals surface area contributed by atoms with E-state index < -0.39 is 10.0 Å². The normalized spacial score (nSPS) is 19.4. The molecule has 8 heteroatoms. The van der Waals surface area contributed by atoms with Crippen LogP contribution < -0.4 is 9.62 Å². The summed E-state index contributed by atoms with van der Waals surface area (Å²) >= 11 is 0. The fourth-order valence-corrected chi connectivity index (χ4v) is 4.98. The van der Waals surface area contributed by atoms with E-state index in [0.717, 1.165) is 43.8 Å². The highest BCUT2D eigenvalue weighted by atomic mass is 32.2. The Balaban J connectivity index is 1.46. The van der Waals surface area contributed by atoms with E-state index in [1.807, 2.05) is 12.1 Å². The zero-order valence-corrected chi connectivity index (χ0v) is 16.5. The molecule has 150 valence electrons. The molecule has 3 heterocycles. The van der Waals surface area contributed by atoms with Crippen molar-refractivity contribution in [2.45, 2.75) is 36.6 Å². The van der Waals surface area contributed by atoms with Crippen LogP contribution in [0.4, 0.5) is 5.69 Å². The first-order valence-corrected chi connectivity index (χ1v) is 11.2. The van der Waals surface area contributed by atoms with Gasteiger partial charge >= 0.3 is 0 Å². The van der Waals surface area contributed by atoms with E-state index in [9.17, 15) is 13.2 Å². The third-order valence-electron chi connectivity index (χ3n) is 5.45. The Hall–Kier alpha value is -2.16. The lowest BCUT2D eigenvalue weighted by atomic mass is 10.2. The number of likely N-dealkylation sites (tertiary alicyclic amines) is 1. The minimum atomic E-state index is -3.65. The van der Waals surface area contributed by atoms with E-state index in [1.165, 1.54) is 0 Å². The van der Waals surface area contributed by atoms with E-state index in [-0.39, 0.29) is 23.4 Å². The largest absolute Gasteiger partial charge is 0.468 e. The Labute approximate surface area is 165 Å². The average Bonchev–Trinajstić information content (AvgIpc) is 3.45. The van der Waals surface area contributed by atoms with E-state index in [1.54, 1.807) is 35.4 Å². The summed E-state index contributed by atoms with van der Waals surface area (Å²) in [7, 11) is -3.65. The number of sulfonamides is 1. The molecule has 0 spiro atoms. The summed E-state index contributed by atoms with van der Waals surface area (Å²) in [6.07, 6.45) is 5.23. The molecular weight excluding hydrogens is 378 g/mol. The van der Waals surface area contributed by atoms with E-state index in [0.29, 0.717) is 13.0 Å². The van der Waals surface area contributed by atoms with Gasteiger partial charge in [0.05, 0.1) is 17.2 Å². The molecule has 1 N–H and O–H groups in total. The number of nitrogens with one attached hydrogen (secondary N) is 1. The first kappa shape index (κ1) is 19.2.